The van der Waals surface area contributed by atoms with Gasteiger partial charge in [0.05, 0.1) is 11.2 Å². The molecule has 1 fully saturated rings. The van der Waals surface area contributed by atoms with Crippen molar-refractivity contribution < 1.29 is 9.18 Å². The highest BCUT2D eigenvalue weighted by molar-refractivity contribution is 6.10. The van der Waals surface area contributed by atoms with Crippen LogP contribution in [-0.4, -0.2) is 53.2 Å². The summed E-state index contributed by atoms with van der Waals surface area (Å²) in [5.41, 5.74) is 6.95. The monoisotopic (exact) mass is 457 g/mol. The van der Waals surface area contributed by atoms with E-state index in [2.05, 4.69) is 15.5 Å². The number of aromatic nitrogens is 3. The van der Waals surface area contributed by atoms with E-state index in [1.54, 1.807) is 0 Å². The van der Waals surface area contributed by atoms with E-state index in [0.717, 1.165) is 53.5 Å². The van der Waals surface area contributed by atoms with Crippen molar-refractivity contribution in [2.24, 2.45) is 0 Å². The van der Waals surface area contributed by atoms with Gasteiger partial charge in [0.1, 0.15) is 5.52 Å². The Morgan fingerprint density at radius 3 is 2.62 bits per heavy atom. The average Bonchev–Trinajstić information content (AvgIpc) is 3.54. The third-order valence-electron chi connectivity index (χ3n) is 7.50. The Hall–Kier alpha value is -3.32. The molecule has 0 aliphatic heterocycles. The molecular formula is C27H28FN5O. The van der Waals surface area contributed by atoms with Crippen LogP contribution in [0.5, 0.6) is 0 Å². The highest BCUT2D eigenvalue weighted by Gasteiger charge is 2.41. The first-order valence-electron chi connectivity index (χ1n) is 12.0. The van der Waals surface area contributed by atoms with Crippen molar-refractivity contribution in [2.45, 2.75) is 38.0 Å². The minimum Gasteiger partial charge on any atom is -0.351 e. The van der Waals surface area contributed by atoms with Crippen LogP contribution in [0.4, 0.5) is 4.39 Å². The molecule has 0 spiro atoms. The number of aromatic amines is 1. The van der Waals surface area contributed by atoms with Gasteiger partial charge in [0.2, 0.25) is 0 Å². The van der Waals surface area contributed by atoms with Crippen molar-refractivity contribution >= 4 is 27.7 Å². The Morgan fingerprint density at radius 1 is 1.15 bits per heavy atom. The molecule has 6 rings (SSSR count). The van der Waals surface area contributed by atoms with E-state index in [-0.39, 0.29) is 11.7 Å². The zero-order valence-electron chi connectivity index (χ0n) is 19.7. The molecule has 4 aromatic rings. The molecule has 174 valence electrons. The Morgan fingerprint density at radius 2 is 1.88 bits per heavy atom. The summed E-state index contributed by atoms with van der Waals surface area (Å²) in [5, 5.41) is 12.2. The molecule has 1 amide bonds. The van der Waals surface area contributed by atoms with E-state index in [4.69, 9.17) is 4.98 Å². The number of aryl methyl sites for hydroxylation is 1. The van der Waals surface area contributed by atoms with Gasteiger partial charge in [-0.15, -0.1) is 0 Å². The minimum atomic E-state index is -0.335. The van der Waals surface area contributed by atoms with Gasteiger partial charge in [-0.1, -0.05) is 12.1 Å². The molecule has 0 saturated heterocycles. The third-order valence-corrected chi connectivity index (χ3v) is 7.50. The van der Waals surface area contributed by atoms with Gasteiger partial charge in [-0.2, -0.15) is 5.10 Å². The summed E-state index contributed by atoms with van der Waals surface area (Å²) in [6.07, 6.45) is 3.38. The second-order valence-electron chi connectivity index (χ2n) is 9.96. The SMILES string of the molecule is Cc1[nH]nc2cc(F)c3nc(-c4ccc(C(=O)NCCN(C)C)cc4)c4c(c3c12)C1CCC4C1. The number of benzene rings is 2. The molecule has 2 aromatic carbocycles. The summed E-state index contributed by atoms with van der Waals surface area (Å²) >= 11 is 0. The lowest BCUT2D eigenvalue weighted by Gasteiger charge is -2.22. The molecule has 6 nitrogen and oxygen atoms in total. The number of H-pyrrole nitrogens is 1. The maximum Gasteiger partial charge on any atom is 0.251 e. The van der Waals surface area contributed by atoms with E-state index in [1.807, 2.05) is 50.2 Å². The van der Waals surface area contributed by atoms with E-state index < -0.39 is 0 Å². The van der Waals surface area contributed by atoms with E-state index in [9.17, 15) is 4.79 Å². The fourth-order valence-electron chi connectivity index (χ4n) is 5.94. The van der Waals surface area contributed by atoms with Gasteiger partial charge in [-0.25, -0.2) is 9.37 Å². The predicted octanol–water partition coefficient (Wildman–Crippen LogP) is 4.88. The van der Waals surface area contributed by atoms with Crippen LogP contribution in [0.25, 0.3) is 33.1 Å². The number of nitrogens with zero attached hydrogens (tertiary/aromatic N) is 3. The Kier molecular flexibility index (Phi) is 4.92. The summed E-state index contributed by atoms with van der Waals surface area (Å²) in [6, 6.07) is 9.05. The first-order chi connectivity index (χ1) is 16.4. The van der Waals surface area contributed by atoms with Crippen LogP contribution in [0.1, 0.15) is 58.3 Å². The smallest absolute Gasteiger partial charge is 0.251 e. The van der Waals surface area contributed by atoms with Crippen molar-refractivity contribution in [3.8, 4) is 11.3 Å². The fourth-order valence-corrected chi connectivity index (χ4v) is 5.94. The molecule has 34 heavy (non-hydrogen) atoms. The standard InChI is InChI=1S/C27H28FN5O/c1-14-21-20(32-31-14)13-19(28)26-24(21)22-17-8-9-18(12-17)23(22)25(30-26)15-4-6-16(7-5-15)27(34)29-10-11-33(2)3/h4-7,13,17-18H,8-12H2,1-3H3,(H,29,34)(H,31,32). The van der Waals surface area contributed by atoms with Gasteiger partial charge in [0, 0.05) is 46.7 Å². The number of hydrogen-bond acceptors (Lipinski definition) is 4. The number of fused-ring (bicyclic) bond motifs is 9. The molecule has 2 atom stereocenters. The van der Waals surface area contributed by atoms with E-state index in [1.165, 1.54) is 17.2 Å². The number of likely N-dealkylation sites (N-methyl/N-ethyl adjacent to an activating group) is 1. The van der Waals surface area contributed by atoms with E-state index >= 15 is 4.39 Å². The average molecular weight is 458 g/mol. The number of carbonyl (C=O) groups is 1. The van der Waals surface area contributed by atoms with Crippen LogP contribution in [0, 0.1) is 12.7 Å². The van der Waals surface area contributed by atoms with Crippen LogP contribution in [0.15, 0.2) is 30.3 Å². The first kappa shape index (κ1) is 21.2. The summed E-state index contributed by atoms with van der Waals surface area (Å²) < 4.78 is 15.3. The van der Waals surface area contributed by atoms with Crippen LogP contribution in [0.2, 0.25) is 0 Å². The van der Waals surface area contributed by atoms with Crippen molar-refractivity contribution in [3.63, 3.8) is 0 Å². The lowest BCUT2D eigenvalue weighted by atomic mass is 9.85. The molecule has 2 heterocycles. The van der Waals surface area contributed by atoms with Gasteiger partial charge >= 0.3 is 0 Å². The zero-order valence-corrected chi connectivity index (χ0v) is 19.7. The highest BCUT2D eigenvalue weighted by atomic mass is 19.1. The number of amides is 1. The minimum absolute atomic E-state index is 0.0898. The largest absolute Gasteiger partial charge is 0.351 e. The normalized spacial score (nSPS) is 18.9. The predicted molar refractivity (Wildman–Crippen MR) is 132 cm³/mol. The molecule has 2 aliphatic rings. The van der Waals surface area contributed by atoms with Gasteiger partial charge in [0.15, 0.2) is 5.82 Å². The molecule has 2 aromatic heterocycles. The summed E-state index contributed by atoms with van der Waals surface area (Å²) in [4.78, 5) is 19.5. The number of rotatable bonds is 5. The molecule has 7 heteroatoms. The highest BCUT2D eigenvalue weighted by Crippen LogP contribution is 2.58. The topological polar surface area (TPSA) is 73.9 Å². The Labute approximate surface area is 197 Å². The molecule has 2 aliphatic carbocycles. The molecular weight excluding hydrogens is 429 g/mol. The zero-order chi connectivity index (χ0) is 23.6. The number of halogens is 1. The Bertz CT molecular complexity index is 1440. The summed E-state index contributed by atoms with van der Waals surface area (Å²) in [7, 11) is 3.95. The van der Waals surface area contributed by atoms with Crippen molar-refractivity contribution in [2.75, 3.05) is 27.2 Å². The van der Waals surface area contributed by atoms with Gasteiger partial charge in [-0.3, -0.25) is 9.89 Å². The maximum atomic E-state index is 15.3. The quantitative estimate of drug-likeness (QED) is 0.448. The molecule has 2 N–H and O–H groups in total. The summed E-state index contributed by atoms with van der Waals surface area (Å²) in [6.45, 7) is 3.37. The van der Waals surface area contributed by atoms with Crippen LogP contribution >= 0.6 is 0 Å². The van der Waals surface area contributed by atoms with Crippen molar-refractivity contribution in [3.05, 3.63) is 58.5 Å². The molecule has 2 unspecified atom stereocenters. The second-order valence-corrected chi connectivity index (χ2v) is 9.96. The maximum absolute atomic E-state index is 15.3. The lowest BCUT2D eigenvalue weighted by Crippen LogP contribution is -2.31. The number of hydrogen-bond donors (Lipinski definition) is 2. The number of carbonyl (C=O) groups excluding carboxylic acids is 1. The first-order valence-corrected chi connectivity index (χ1v) is 12.0. The fraction of sp³-hybridized carbons (Fsp3) is 0.370. The second kappa shape index (κ2) is 7.87. The molecule has 2 bridgehead atoms. The Balaban J connectivity index is 1.47. The van der Waals surface area contributed by atoms with Crippen molar-refractivity contribution in [1.29, 1.82) is 0 Å². The summed E-state index contributed by atoms with van der Waals surface area (Å²) in [5.74, 6) is 0.461. The molecule has 1 saturated carbocycles. The van der Waals surface area contributed by atoms with Crippen LogP contribution < -0.4 is 5.32 Å². The number of pyridine rings is 1. The third kappa shape index (κ3) is 3.21. The van der Waals surface area contributed by atoms with E-state index in [0.29, 0.717) is 35.0 Å². The van der Waals surface area contributed by atoms with Crippen LogP contribution in [0.3, 0.4) is 0 Å². The number of nitrogens with one attached hydrogen (secondary N) is 2. The van der Waals surface area contributed by atoms with Gasteiger partial charge in [-0.05, 0) is 75.4 Å². The lowest BCUT2D eigenvalue weighted by molar-refractivity contribution is 0.0951. The van der Waals surface area contributed by atoms with Crippen LogP contribution in [-0.2, 0) is 0 Å². The van der Waals surface area contributed by atoms with Gasteiger partial charge in [0.25, 0.3) is 5.91 Å². The van der Waals surface area contributed by atoms with Crippen molar-refractivity contribution in [1.82, 2.24) is 25.4 Å². The molecule has 0 radical (unpaired) electrons. The van der Waals surface area contributed by atoms with Gasteiger partial charge < -0.3 is 10.2 Å².